The van der Waals surface area contributed by atoms with Crippen LogP contribution in [0.3, 0.4) is 0 Å². The Hall–Kier alpha value is -2.58. The van der Waals surface area contributed by atoms with Gasteiger partial charge in [-0.05, 0) is 12.1 Å². The van der Waals surface area contributed by atoms with Gasteiger partial charge in [-0.3, -0.25) is 19.2 Å². The topological polar surface area (TPSA) is 109 Å². The van der Waals surface area contributed by atoms with Crippen LogP contribution in [-0.4, -0.2) is 45.2 Å². The molecule has 0 saturated heterocycles. The SMILES string of the molecule is O=C(O)CCSc1cccc2c1C(=O)c1c(SCCC(=O)O)cccc1C2=O. The summed E-state index contributed by atoms with van der Waals surface area (Å²) in [6, 6.07) is 9.99. The molecular formula is C20H16O6S2. The predicted octanol–water partition coefficient (Wildman–Crippen LogP) is 3.60. The number of rotatable bonds is 8. The fourth-order valence-electron chi connectivity index (χ4n) is 2.92. The molecule has 1 aliphatic carbocycles. The van der Waals surface area contributed by atoms with Crippen LogP contribution in [0.1, 0.15) is 44.7 Å². The lowest BCUT2D eigenvalue weighted by Gasteiger charge is -2.22. The monoisotopic (exact) mass is 416 g/mol. The number of ketones is 2. The van der Waals surface area contributed by atoms with Gasteiger partial charge in [0.05, 0.1) is 12.8 Å². The van der Waals surface area contributed by atoms with Crippen molar-refractivity contribution in [3.63, 3.8) is 0 Å². The molecule has 0 fully saturated rings. The number of carbonyl (C=O) groups is 4. The highest BCUT2D eigenvalue weighted by Gasteiger charge is 2.33. The molecule has 0 heterocycles. The van der Waals surface area contributed by atoms with Gasteiger partial charge in [-0.25, -0.2) is 0 Å². The summed E-state index contributed by atoms with van der Waals surface area (Å²) < 4.78 is 0. The molecule has 2 aromatic rings. The van der Waals surface area contributed by atoms with Crippen LogP contribution in [0, 0.1) is 0 Å². The first-order valence-electron chi connectivity index (χ1n) is 8.44. The summed E-state index contributed by atoms with van der Waals surface area (Å²) in [4.78, 5) is 48.9. The minimum absolute atomic E-state index is 0.0522. The van der Waals surface area contributed by atoms with E-state index in [1.807, 2.05) is 0 Å². The van der Waals surface area contributed by atoms with E-state index in [1.165, 1.54) is 23.5 Å². The second-order valence-electron chi connectivity index (χ2n) is 6.00. The van der Waals surface area contributed by atoms with Crippen molar-refractivity contribution in [2.24, 2.45) is 0 Å². The van der Waals surface area contributed by atoms with Gasteiger partial charge in [0.1, 0.15) is 0 Å². The average Bonchev–Trinajstić information content (AvgIpc) is 2.65. The summed E-state index contributed by atoms with van der Waals surface area (Å²) in [6.07, 6.45) is -0.104. The number of aliphatic carboxylic acids is 2. The van der Waals surface area contributed by atoms with Gasteiger partial charge in [0.15, 0.2) is 11.6 Å². The second kappa shape index (κ2) is 8.62. The summed E-state index contributed by atoms with van der Waals surface area (Å²) in [5, 5.41) is 17.7. The second-order valence-corrected chi connectivity index (χ2v) is 8.27. The van der Waals surface area contributed by atoms with Crippen LogP contribution in [0.15, 0.2) is 46.2 Å². The van der Waals surface area contributed by atoms with Crippen molar-refractivity contribution in [3.05, 3.63) is 58.7 Å². The predicted molar refractivity (Wildman–Crippen MR) is 106 cm³/mol. The maximum absolute atomic E-state index is 13.3. The summed E-state index contributed by atoms with van der Waals surface area (Å²) in [6.45, 7) is 0. The number of benzene rings is 2. The fourth-order valence-corrected chi connectivity index (χ4v) is 4.95. The Morgan fingerprint density at radius 1 is 0.714 bits per heavy atom. The molecule has 0 unspecified atom stereocenters. The molecule has 6 nitrogen and oxygen atoms in total. The minimum atomic E-state index is -0.929. The normalized spacial score (nSPS) is 12.4. The van der Waals surface area contributed by atoms with Crippen LogP contribution in [0.2, 0.25) is 0 Å². The highest BCUT2D eigenvalue weighted by molar-refractivity contribution is 7.99. The van der Waals surface area contributed by atoms with Crippen molar-refractivity contribution < 1.29 is 29.4 Å². The molecule has 2 aromatic carbocycles. The molecule has 28 heavy (non-hydrogen) atoms. The van der Waals surface area contributed by atoms with Crippen LogP contribution in [-0.2, 0) is 9.59 Å². The maximum atomic E-state index is 13.3. The van der Waals surface area contributed by atoms with Crippen molar-refractivity contribution in [2.45, 2.75) is 22.6 Å². The summed E-state index contributed by atoms with van der Waals surface area (Å²) >= 11 is 2.47. The third-order valence-electron chi connectivity index (χ3n) is 4.14. The number of hydrogen-bond donors (Lipinski definition) is 2. The van der Waals surface area contributed by atoms with E-state index in [0.717, 1.165) is 0 Å². The van der Waals surface area contributed by atoms with Gasteiger partial charge in [0.25, 0.3) is 0 Å². The van der Waals surface area contributed by atoms with Gasteiger partial charge in [-0.15, -0.1) is 23.5 Å². The molecule has 0 aromatic heterocycles. The molecule has 0 amide bonds. The lowest BCUT2D eigenvalue weighted by molar-refractivity contribution is -0.137. The van der Waals surface area contributed by atoms with E-state index in [-0.39, 0.29) is 35.9 Å². The molecule has 0 saturated carbocycles. The van der Waals surface area contributed by atoms with Crippen molar-refractivity contribution in [1.29, 1.82) is 0 Å². The molecule has 0 bridgehead atoms. The first-order chi connectivity index (χ1) is 13.4. The molecule has 0 radical (unpaired) electrons. The van der Waals surface area contributed by atoms with Crippen LogP contribution in [0.5, 0.6) is 0 Å². The first-order valence-corrected chi connectivity index (χ1v) is 10.4. The zero-order valence-corrected chi connectivity index (χ0v) is 16.3. The van der Waals surface area contributed by atoms with Crippen molar-refractivity contribution in [1.82, 2.24) is 0 Å². The van der Waals surface area contributed by atoms with Gasteiger partial charge in [-0.1, -0.05) is 24.3 Å². The van der Waals surface area contributed by atoms with Gasteiger partial charge in [0.2, 0.25) is 0 Å². The third-order valence-corrected chi connectivity index (χ3v) is 6.26. The van der Waals surface area contributed by atoms with E-state index in [1.54, 1.807) is 36.4 Å². The average molecular weight is 416 g/mol. The standard InChI is InChI=1S/C20H16O6S2/c21-15(22)7-9-27-13-5-1-3-11-17(13)20(26)18-12(19(11)25)4-2-6-14(18)28-10-8-16(23)24/h1-6H,7-10H2,(H,21,22)(H,23,24). The summed E-state index contributed by atoms with van der Waals surface area (Å²) in [7, 11) is 0. The molecule has 0 aliphatic heterocycles. The van der Waals surface area contributed by atoms with Crippen molar-refractivity contribution >= 4 is 47.0 Å². The molecule has 1 aliphatic rings. The van der Waals surface area contributed by atoms with Gasteiger partial charge in [0, 0.05) is 43.6 Å². The Labute approximate surface area is 169 Å². The van der Waals surface area contributed by atoms with E-state index in [4.69, 9.17) is 10.2 Å². The molecule has 3 rings (SSSR count). The highest BCUT2D eigenvalue weighted by Crippen LogP contribution is 2.38. The Bertz CT molecular complexity index is 907. The lowest BCUT2D eigenvalue weighted by Crippen LogP contribution is -2.22. The number of carbonyl (C=O) groups excluding carboxylic acids is 2. The number of carboxylic acids is 2. The molecule has 8 heteroatoms. The zero-order valence-electron chi connectivity index (χ0n) is 14.6. The quantitative estimate of drug-likeness (QED) is 0.536. The van der Waals surface area contributed by atoms with E-state index < -0.39 is 11.9 Å². The number of carboxylic acid groups (broad SMARTS) is 2. The van der Waals surface area contributed by atoms with E-state index in [2.05, 4.69) is 0 Å². The van der Waals surface area contributed by atoms with Crippen molar-refractivity contribution in [2.75, 3.05) is 11.5 Å². The molecule has 144 valence electrons. The fraction of sp³-hybridized carbons (Fsp3) is 0.200. The van der Waals surface area contributed by atoms with Crippen LogP contribution < -0.4 is 0 Å². The van der Waals surface area contributed by atoms with Gasteiger partial charge in [-0.2, -0.15) is 0 Å². The summed E-state index contributed by atoms with van der Waals surface area (Å²) in [5.74, 6) is -1.83. The molecular weight excluding hydrogens is 400 g/mol. The zero-order chi connectivity index (χ0) is 20.3. The largest absolute Gasteiger partial charge is 0.481 e. The van der Waals surface area contributed by atoms with Crippen LogP contribution in [0.25, 0.3) is 0 Å². The number of hydrogen-bond acceptors (Lipinski definition) is 6. The molecule has 2 N–H and O–H groups in total. The Morgan fingerprint density at radius 2 is 1.14 bits per heavy atom. The highest BCUT2D eigenvalue weighted by atomic mass is 32.2. The number of thioether (sulfide) groups is 2. The lowest BCUT2D eigenvalue weighted by atomic mass is 9.84. The third kappa shape index (κ3) is 4.13. The molecule has 0 spiro atoms. The smallest absolute Gasteiger partial charge is 0.304 e. The van der Waals surface area contributed by atoms with E-state index in [0.29, 0.717) is 32.0 Å². The first kappa shape index (κ1) is 20.2. The Kier molecular flexibility index (Phi) is 6.21. The van der Waals surface area contributed by atoms with E-state index >= 15 is 0 Å². The summed E-state index contributed by atoms with van der Waals surface area (Å²) in [5.41, 5.74) is 1.21. The van der Waals surface area contributed by atoms with Crippen LogP contribution in [0.4, 0.5) is 0 Å². The molecule has 0 atom stereocenters. The maximum Gasteiger partial charge on any atom is 0.304 e. The minimum Gasteiger partial charge on any atom is -0.481 e. The van der Waals surface area contributed by atoms with Crippen molar-refractivity contribution in [3.8, 4) is 0 Å². The van der Waals surface area contributed by atoms with Gasteiger partial charge >= 0.3 is 11.9 Å². The van der Waals surface area contributed by atoms with E-state index in [9.17, 15) is 19.2 Å². The Balaban J connectivity index is 1.98. The van der Waals surface area contributed by atoms with Crippen LogP contribution >= 0.6 is 23.5 Å². The Morgan fingerprint density at radius 3 is 1.54 bits per heavy atom. The van der Waals surface area contributed by atoms with Gasteiger partial charge < -0.3 is 10.2 Å². The number of fused-ring (bicyclic) bond motifs is 2.